The molecule has 128 valence electrons. The lowest BCUT2D eigenvalue weighted by Gasteiger charge is -2.02. The molecule has 1 heterocycles. The number of rotatable bonds is 5. The molecule has 0 atom stereocenters. The third kappa shape index (κ3) is 3.94. The third-order valence-electron chi connectivity index (χ3n) is 3.43. The molecule has 7 nitrogen and oxygen atoms in total. The minimum Gasteiger partial charge on any atom is -0.292 e. The van der Waals surface area contributed by atoms with Crippen molar-refractivity contribution in [3.63, 3.8) is 0 Å². The molecule has 0 aliphatic carbocycles. The van der Waals surface area contributed by atoms with E-state index in [1.165, 1.54) is 42.5 Å². The number of carbonyl (C=O) groups is 1. The molecule has 1 aromatic heterocycles. The zero-order valence-corrected chi connectivity index (χ0v) is 13.9. The lowest BCUT2D eigenvalue weighted by molar-refractivity contribution is 0.0961. The van der Waals surface area contributed by atoms with Gasteiger partial charge in [-0.05, 0) is 29.5 Å². The number of sulfone groups is 1. The fraction of sp³-hybridized carbons (Fsp3) is 0.125. The Bertz CT molecular complexity index is 1030. The summed E-state index contributed by atoms with van der Waals surface area (Å²) in [5.41, 5.74) is 0.785. The second-order valence-electron chi connectivity index (χ2n) is 5.37. The average molecular weight is 360 g/mol. The monoisotopic (exact) mass is 360 g/mol. The van der Waals surface area contributed by atoms with Crippen LogP contribution in [0.1, 0.15) is 10.4 Å². The molecule has 0 amide bonds. The molecule has 0 unspecified atom stereocenters. The molecule has 9 heteroatoms. The lowest BCUT2D eigenvalue weighted by atomic mass is 10.1. The number of halogens is 1. The second kappa shape index (κ2) is 6.52. The Kier molecular flexibility index (Phi) is 4.41. The van der Waals surface area contributed by atoms with Gasteiger partial charge >= 0.3 is 0 Å². The Labute approximate surface area is 143 Å². The molecular weight excluding hydrogens is 347 g/mol. The summed E-state index contributed by atoms with van der Waals surface area (Å²) in [5, 5.41) is 11.6. The fourth-order valence-corrected chi connectivity index (χ4v) is 2.79. The van der Waals surface area contributed by atoms with Gasteiger partial charge in [0.15, 0.2) is 15.6 Å². The molecule has 3 aromatic rings. The van der Waals surface area contributed by atoms with Crippen LogP contribution in [0.25, 0.3) is 11.4 Å². The Morgan fingerprint density at radius 2 is 1.88 bits per heavy atom. The van der Waals surface area contributed by atoms with Crippen molar-refractivity contribution < 1.29 is 17.6 Å². The van der Waals surface area contributed by atoms with E-state index in [-0.39, 0.29) is 23.0 Å². The summed E-state index contributed by atoms with van der Waals surface area (Å²) in [4.78, 5) is 13.5. The SMILES string of the molecule is CS(=O)(=O)c1ccc(C(=O)Cn2nnc(-c3cccc(F)c3)n2)cc1. The summed E-state index contributed by atoms with van der Waals surface area (Å²) in [5.74, 6) is -0.515. The first kappa shape index (κ1) is 16.9. The maximum atomic E-state index is 13.2. The predicted molar refractivity (Wildman–Crippen MR) is 87.1 cm³/mol. The van der Waals surface area contributed by atoms with Gasteiger partial charge in [-0.2, -0.15) is 4.80 Å². The Morgan fingerprint density at radius 3 is 2.52 bits per heavy atom. The van der Waals surface area contributed by atoms with E-state index in [1.807, 2.05) is 0 Å². The molecule has 0 saturated carbocycles. The largest absolute Gasteiger partial charge is 0.292 e. The summed E-state index contributed by atoms with van der Waals surface area (Å²) < 4.78 is 36.1. The number of carbonyl (C=O) groups excluding carboxylic acids is 1. The van der Waals surface area contributed by atoms with Gasteiger partial charge in [0.25, 0.3) is 0 Å². The van der Waals surface area contributed by atoms with Crippen LogP contribution in [0.5, 0.6) is 0 Å². The Morgan fingerprint density at radius 1 is 1.16 bits per heavy atom. The summed E-state index contributed by atoms with van der Waals surface area (Å²) >= 11 is 0. The van der Waals surface area contributed by atoms with E-state index in [0.717, 1.165) is 11.1 Å². The number of ketones is 1. The Hall–Kier alpha value is -2.94. The molecular formula is C16H13FN4O3S. The van der Waals surface area contributed by atoms with Gasteiger partial charge in [0.05, 0.1) is 4.90 Å². The number of hydrogen-bond acceptors (Lipinski definition) is 6. The van der Waals surface area contributed by atoms with Crippen molar-refractivity contribution in [3.8, 4) is 11.4 Å². The molecule has 3 rings (SSSR count). The predicted octanol–water partition coefficient (Wildman–Crippen LogP) is 1.77. The number of aromatic nitrogens is 4. The van der Waals surface area contributed by atoms with Gasteiger partial charge < -0.3 is 0 Å². The fourth-order valence-electron chi connectivity index (χ4n) is 2.16. The van der Waals surface area contributed by atoms with Gasteiger partial charge in [-0.25, -0.2) is 12.8 Å². The average Bonchev–Trinajstić information content (AvgIpc) is 3.03. The molecule has 0 radical (unpaired) electrons. The van der Waals surface area contributed by atoms with Crippen LogP contribution in [-0.2, 0) is 16.4 Å². The summed E-state index contributed by atoms with van der Waals surface area (Å²) in [6, 6.07) is 11.3. The van der Waals surface area contributed by atoms with Crippen molar-refractivity contribution in [1.29, 1.82) is 0 Å². The number of benzene rings is 2. The maximum Gasteiger partial charge on any atom is 0.205 e. The van der Waals surface area contributed by atoms with E-state index in [2.05, 4.69) is 15.4 Å². The highest BCUT2D eigenvalue weighted by atomic mass is 32.2. The molecule has 0 saturated heterocycles. The minimum absolute atomic E-state index is 0.135. The quantitative estimate of drug-likeness (QED) is 0.644. The second-order valence-corrected chi connectivity index (χ2v) is 7.39. The van der Waals surface area contributed by atoms with Crippen molar-refractivity contribution in [2.75, 3.05) is 6.26 Å². The zero-order chi connectivity index (χ0) is 18.0. The normalized spacial score (nSPS) is 11.4. The zero-order valence-electron chi connectivity index (χ0n) is 13.1. The molecule has 0 aliphatic heterocycles. The summed E-state index contributed by atoms with van der Waals surface area (Å²) in [6.45, 7) is -0.166. The Balaban J connectivity index is 1.75. The van der Waals surface area contributed by atoms with Crippen LogP contribution in [0, 0.1) is 5.82 Å². The van der Waals surface area contributed by atoms with Crippen molar-refractivity contribution in [2.24, 2.45) is 0 Å². The van der Waals surface area contributed by atoms with E-state index < -0.39 is 15.7 Å². The van der Waals surface area contributed by atoms with Gasteiger partial charge in [0.1, 0.15) is 12.4 Å². The van der Waals surface area contributed by atoms with Gasteiger partial charge in [-0.15, -0.1) is 10.2 Å². The topological polar surface area (TPSA) is 94.8 Å². The number of Topliss-reactive ketones (excluding diaryl/α,β-unsaturated/α-hetero) is 1. The summed E-state index contributed by atoms with van der Waals surface area (Å²) in [7, 11) is -3.32. The van der Waals surface area contributed by atoms with Crippen molar-refractivity contribution >= 4 is 15.6 Å². The molecule has 0 fully saturated rings. The summed E-state index contributed by atoms with van der Waals surface area (Å²) in [6.07, 6.45) is 1.09. The molecule has 25 heavy (non-hydrogen) atoms. The van der Waals surface area contributed by atoms with E-state index in [0.29, 0.717) is 11.1 Å². The minimum atomic E-state index is -3.32. The van der Waals surface area contributed by atoms with Crippen molar-refractivity contribution in [2.45, 2.75) is 11.4 Å². The standard InChI is InChI=1S/C16H13FN4O3S/c1-25(23,24)14-7-5-11(6-8-14)15(22)10-21-19-16(18-20-21)12-3-2-4-13(17)9-12/h2-9H,10H2,1H3. The van der Waals surface area contributed by atoms with Crippen LogP contribution in [0.15, 0.2) is 53.4 Å². The van der Waals surface area contributed by atoms with Gasteiger partial charge in [-0.1, -0.05) is 24.3 Å². The molecule has 0 N–H and O–H groups in total. The van der Waals surface area contributed by atoms with Crippen LogP contribution >= 0.6 is 0 Å². The molecule has 0 bridgehead atoms. The van der Waals surface area contributed by atoms with Crippen LogP contribution in [0.2, 0.25) is 0 Å². The number of nitrogens with zero attached hydrogens (tertiary/aromatic N) is 4. The van der Waals surface area contributed by atoms with E-state index in [4.69, 9.17) is 0 Å². The lowest BCUT2D eigenvalue weighted by Crippen LogP contribution is -2.13. The van der Waals surface area contributed by atoms with Crippen LogP contribution in [-0.4, -0.2) is 40.7 Å². The first-order chi connectivity index (χ1) is 11.8. The van der Waals surface area contributed by atoms with E-state index in [1.54, 1.807) is 6.07 Å². The maximum absolute atomic E-state index is 13.2. The van der Waals surface area contributed by atoms with E-state index >= 15 is 0 Å². The molecule has 2 aromatic carbocycles. The first-order valence-corrected chi connectivity index (χ1v) is 9.09. The van der Waals surface area contributed by atoms with Crippen LogP contribution in [0.4, 0.5) is 4.39 Å². The van der Waals surface area contributed by atoms with Gasteiger partial charge in [0, 0.05) is 17.4 Å². The number of tetrazole rings is 1. The smallest absolute Gasteiger partial charge is 0.205 e. The van der Waals surface area contributed by atoms with Crippen molar-refractivity contribution in [3.05, 3.63) is 59.9 Å². The molecule has 0 spiro atoms. The highest BCUT2D eigenvalue weighted by molar-refractivity contribution is 7.90. The molecule has 0 aliphatic rings. The third-order valence-corrected chi connectivity index (χ3v) is 4.55. The highest BCUT2D eigenvalue weighted by Gasteiger charge is 2.13. The van der Waals surface area contributed by atoms with Gasteiger partial charge in [0.2, 0.25) is 5.82 Å². The van der Waals surface area contributed by atoms with Crippen LogP contribution < -0.4 is 0 Å². The van der Waals surface area contributed by atoms with Crippen molar-refractivity contribution in [1.82, 2.24) is 20.2 Å². The van der Waals surface area contributed by atoms with Crippen LogP contribution in [0.3, 0.4) is 0 Å². The first-order valence-electron chi connectivity index (χ1n) is 7.20. The number of hydrogen-bond donors (Lipinski definition) is 0. The highest BCUT2D eigenvalue weighted by Crippen LogP contribution is 2.15. The van der Waals surface area contributed by atoms with Gasteiger partial charge in [-0.3, -0.25) is 4.79 Å². The van der Waals surface area contributed by atoms with E-state index in [9.17, 15) is 17.6 Å².